The van der Waals surface area contributed by atoms with Crippen molar-refractivity contribution in [2.24, 2.45) is 7.05 Å². The van der Waals surface area contributed by atoms with E-state index in [1.807, 2.05) is 49.0 Å². The van der Waals surface area contributed by atoms with Crippen molar-refractivity contribution < 1.29 is 19.4 Å². The van der Waals surface area contributed by atoms with Crippen LogP contribution in [0, 0.1) is 6.92 Å². The number of hydrogen-bond donors (Lipinski definition) is 3. The number of aliphatic hydroxyl groups excluding tert-OH is 1. The lowest BCUT2D eigenvalue weighted by atomic mass is 9.93. The molecule has 0 fully saturated rings. The van der Waals surface area contributed by atoms with Crippen molar-refractivity contribution in [3.63, 3.8) is 0 Å². The Kier molecular flexibility index (Phi) is 7.84. The number of imidazole rings is 1. The number of allylic oxidation sites excluding steroid dienone is 1. The quantitative estimate of drug-likeness (QED) is 0.379. The van der Waals surface area contributed by atoms with Gasteiger partial charge >= 0.3 is 0 Å². The number of nitrogens with one attached hydrogen (secondary N) is 2. The highest BCUT2D eigenvalue weighted by molar-refractivity contribution is 5.91. The Balaban J connectivity index is 1.60. The monoisotopic (exact) mass is 481 g/mol. The molecule has 3 N–H and O–H groups in total. The molecule has 3 aromatic rings. The summed E-state index contributed by atoms with van der Waals surface area (Å²) in [6.07, 6.45) is 5.71. The molecular weight excluding hydrogens is 450 g/mol. The Labute approximate surface area is 203 Å². The van der Waals surface area contributed by atoms with E-state index in [-0.39, 0.29) is 36.4 Å². The molecule has 3 heterocycles. The molecule has 35 heavy (non-hydrogen) atoms. The molecule has 0 spiro atoms. The summed E-state index contributed by atoms with van der Waals surface area (Å²) in [7, 11) is 1.84. The third-order valence-corrected chi connectivity index (χ3v) is 6.09. The van der Waals surface area contributed by atoms with E-state index in [1.54, 1.807) is 23.3 Å². The number of aromatic nitrogens is 4. The first-order valence-electron chi connectivity index (χ1n) is 11.7. The number of carbonyl (C=O) groups is 1. The molecule has 0 aliphatic carbocycles. The van der Waals surface area contributed by atoms with Gasteiger partial charge in [0.15, 0.2) is 5.76 Å². The zero-order chi connectivity index (χ0) is 24.8. The van der Waals surface area contributed by atoms with Crippen LogP contribution < -0.4 is 10.9 Å². The molecule has 10 heteroatoms. The van der Waals surface area contributed by atoms with Crippen molar-refractivity contribution in [1.29, 1.82) is 0 Å². The topological polar surface area (TPSA) is 123 Å². The van der Waals surface area contributed by atoms with Crippen molar-refractivity contribution in [2.45, 2.75) is 38.4 Å². The van der Waals surface area contributed by atoms with Crippen LogP contribution >= 0.6 is 0 Å². The SMILES string of the molecule is Cc1c([C@H]2C=C(C(=O)NCCc3cnc[nH]3)O[C@@H](OCCCO)C2)c(=O)n(-c2ccccc2)n1C. The molecule has 0 radical (unpaired) electrons. The van der Waals surface area contributed by atoms with Crippen molar-refractivity contribution in [1.82, 2.24) is 24.6 Å². The van der Waals surface area contributed by atoms with Crippen LogP contribution in [0.4, 0.5) is 0 Å². The van der Waals surface area contributed by atoms with Crippen molar-refractivity contribution in [3.05, 3.63) is 82.0 Å². The Morgan fingerprint density at radius 1 is 1.34 bits per heavy atom. The number of hydrogen-bond acceptors (Lipinski definition) is 6. The van der Waals surface area contributed by atoms with Crippen LogP contribution in [0.25, 0.3) is 5.69 Å². The first-order valence-corrected chi connectivity index (χ1v) is 11.7. The van der Waals surface area contributed by atoms with Crippen LogP contribution in [-0.2, 0) is 27.7 Å². The highest BCUT2D eigenvalue weighted by Crippen LogP contribution is 2.32. The number of para-hydroxylation sites is 1. The maximum absolute atomic E-state index is 13.5. The second-order valence-electron chi connectivity index (χ2n) is 8.43. The van der Waals surface area contributed by atoms with E-state index in [0.717, 1.165) is 17.1 Å². The van der Waals surface area contributed by atoms with Gasteiger partial charge in [-0.05, 0) is 31.6 Å². The minimum atomic E-state index is -0.714. The number of aromatic amines is 1. The van der Waals surface area contributed by atoms with Gasteiger partial charge in [-0.2, -0.15) is 0 Å². The fourth-order valence-electron chi connectivity index (χ4n) is 4.23. The first-order chi connectivity index (χ1) is 17.0. The summed E-state index contributed by atoms with van der Waals surface area (Å²) in [6, 6.07) is 9.43. The second kappa shape index (κ2) is 11.2. The lowest BCUT2D eigenvalue weighted by molar-refractivity contribution is -0.146. The van der Waals surface area contributed by atoms with Crippen LogP contribution in [-0.4, -0.2) is 56.4 Å². The van der Waals surface area contributed by atoms with E-state index in [1.165, 1.54) is 0 Å². The number of aliphatic hydroxyl groups is 1. The van der Waals surface area contributed by atoms with Gasteiger partial charge in [0.05, 0.1) is 18.6 Å². The van der Waals surface area contributed by atoms with Crippen LogP contribution in [0.2, 0.25) is 0 Å². The van der Waals surface area contributed by atoms with Gasteiger partial charge in [-0.25, -0.2) is 9.67 Å². The maximum Gasteiger partial charge on any atom is 0.286 e. The zero-order valence-corrected chi connectivity index (χ0v) is 19.9. The van der Waals surface area contributed by atoms with Crippen molar-refractivity contribution in [2.75, 3.05) is 19.8 Å². The number of benzene rings is 1. The maximum atomic E-state index is 13.5. The zero-order valence-electron chi connectivity index (χ0n) is 19.9. The molecule has 2 aromatic heterocycles. The molecule has 4 rings (SSSR count). The van der Waals surface area contributed by atoms with Gasteiger partial charge in [0.25, 0.3) is 11.5 Å². The van der Waals surface area contributed by atoms with E-state index in [9.17, 15) is 9.59 Å². The largest absolute Gasteiger partial charge is 0.459 e. The lowest BCUT2D eigenvalue weighted by Crippen LogP contribution is -2.35. The summed E-state index contributed by atoms with van der Waals surface area (Å²) in [6.45, 7) is 2.57. The van der Waals surface area contributed by atoms with E-state index in [0.29, 0.717) is 31.4 Å². The lowest BCUT2D eigenvalue weighted by Gasteiger charge is -2.28. The first kappa shape index (κ1) is 24.5. The van der Waals surface area contributed by atoms with E-state index in [2.05, 4.69) is 15.3 Å². The van der Waals surface area contributed by atoms with Gasteiger partial charge in [-0.1, -0.05) is 18.2 Å². The van der Waals surface area contributed by atoms with Gasteiger partial charge in [-0.15, -0.1) is 0 Å². The summed E-state index contributed by atoms with van der Waals surface area (Å²) in [5.41, 5.74) is 2.92. The molecule has 2 atom stereocenters. The fourth-order valence-corrected chi connectivity index (χ4v) is 4.23. The summed E-state index contributed by atoms with van der Waals surface area (Å²) in [5.74, 6) is -0.629. The molecule has 10 nitrogen and oxygen atoms in total. The predicted molar refractivity (Wildman–Crippen MR) is 129 cm³/mol. The second-order valence-corrected chi connectivity index (χ2v) is 8.43. The molecule has 0 bridgehead atoms. The summed E-state index contributed by atoms with van der Waals surface area (Å²) in [4.78, 5) is 33.4. The Bertz CT molecular complexity index is 1210. The number of ether oxygens (including phenoxy) is 2. The van der Waals surface area contributed by atoms with Gasteiger partial charge in [-0.3, -0.25) is 14.3 Å². The van der Waals surface area contributed by atoms with Gasteiger partial charge in [0, 0.05) is 62.1 Å². The van der Waals surface area contributed by atoms with Gasteiger partial charge in [0.2, 0.25) is 6.29 Å². The minimum absolute atomic E-state index is 0.00743. The Morgan fingerprint density at radius 2 is 2.14 bits per heavy atom. The number of nitrogens with zero attached hydrogens (tertiary/aromatic N) is 3. The summed E-state index contributed by atoms with van der Waals surface area (Å²) in [5, 5.41) is 12.0. The molecule has 1 aliphatic heterocycles. The highest BCUT2D eigenvalue weighted by atomic mass is 16.7. The number of amides is 1. The number of carbonyl (C=O) groups excluding carboxylic acids is 1. The van der Waals surface area contributed by atoms with Crippen LogP contribution in [0.15, 0.2) is 59.5 Å². The fraction of sp³-hybridized carbons (Fsp3) is 0.400. The Hall–Kier alpha value is -3.63. The minimum Gasteiger partial charge on any atom is -0.459 e. The third-order valence-electron chi connectivity index (χ3n) is 6.09. The van der Waals surface area contributed by atoms with Crippen molar-refractivity contribution >= 4 is 5.91 Å². The molecule has 0 saturated carbocycles. The summed E-state index contributed by atoms with van der Waals surface area (Å²) < 4.78 is 15.1. The predicted octanol–water partition coefficient (Wildman–Crippen LogP) is 1.68. The molecule has 1 aromatic carbocycles. The van der Waals surface area contributed by atoms with Gasteiger partial charge < -0.3 is 24.9 Å². The number of rotatable bonds is 10. The van der Waals surface area contributed by atoms with Crippen molar-refractivity contribution in [3.8, 4) is 5.69 Å². The third kappa shape index (κ3) is 5.55. The van der Waals surface area contributed by atoms with E-state index >= 15 is 0 Å². The van der Waals surface area contributed by atoms with Crippen LogP contribution in [0.1, 0.15) is 35.7 Å². The average Bonchev–Trinajstić information content (AvgIpc) is 3.45. The molecule has 0 unspecified atom stereocenters. The standard InChI is InChI=1S/C25H31N5O5/c1-17-23(25(33)30(29(17)2)20-7-4-3-5-8-20)18-13-21(35-22(14-18)34-12-6-11-31)24(32)27-10-9-19-15-26-16-28-19/h3-5,7-8,13,15-16,18,22,31H,6,9-12,14H2,1-2H3,(H,26,28)(H,27,32)/t18-,22+/m0/s1. The molecule has 1 aliphatic rings. The summed E-state index contributed by atoms with van der Waals surface area (Å²) >= 11 is 0. The molecule has 186 valence electrons. The molecular formula is C25H31N5O5. The highest BCUT2D eigenvalue weighted by Gasteiger charge is 2.32. The Morgan fingerprint density at radius 3 is 2.86 bits per heavy atom. The van der Waals surface area contributed by atoms with E-state index < -0.39 is 6.29 Å². The van der Waals surface area contributed by atoms with Crippen LogP contribution in [0.5, 0.6) is 0 Å². The van der Waals surface area contributed by atoms with Crippen LogP contribution in [0.3, 0.4) is 0 Å². The number of H-pyrrole nitrogens is 1. The smallest absolute Gasteiger partial charge is 0.286 e. The van der Waals surface area contributed by atoms with Gasteiger partial charge in [0.1, 0.15) is 0 Å². The molecule has 1 amide bonds. The van der Waals surface area contributed by atoms with E-state index in [4.69, 9.17) is 14.6 Å². The average molecular weight is 482 g/mol. The molecule has 0 saturated heterocycles. The normalized spacial score (nSPS) is 17.6.